The summed E-state index contributed by atoms with van der Waals surface area (Å²) < 4.78 is 0.979. The molecule has 4 nitrogen and oxygen atoms in total. The lowest BCUT2D eigenvalue weighted by Crippen LogP contribution is -2.46. The predicted octanol–water partition coefficient (Wildman–Crippen LogP) is 2.24. The van der Waals surface area contributed by atoms with E-state index in [-0.39, 0.29) is 11.9 Å². The molecule has 1 atom stereocenters. The minimum absolute atomic E-state index is 0.0766. The third-order valence-electron chi connectivity index (χ3n) is 3.74. The van der Waals surface area contributed by atoms with E-state index < -0.39 is 0 Å². The molecule has 2 amide bonds. The van der Waals surface area contributed by atoms with E-state index in [9.17, 15) is 9.59 Å². The Balaban J connectivity index is 2.20. The number of halogens is 1. The summed E-state index contributed by atoms with van der Waals surface area (Å²) in [5.74, 6) is 0.222. The monoisotopic (exact) mass is 338 g/mol. The topological polar surface area (TPSA) is 49.4 Å². The minimum Gasteiger partial charge on any atom is -0.357 e. The second-order valence-electron chi connectivity index (χ2n) is 5.25. The van der Waals surface area contributed by atoms with E-state index in [0.29, 0.717) is 12.5 Å². The Hall–Kier alpha value is -1.36. The molecule has 0 aliphatic heterocycles. The molecule has 0 radical (unpaired) electrons. The summed E-state index contributed by atoms with van der Waals surface area (Å²) >= 11 is 3.44. The summed E-state index contributed by atoms with van der Waals surface area (Å²) in [4.78, 5) is 25.1. The maximum absolute atomic E-state index is 12.0. The highest BCUT2D eigenvalue weighted by Crippen LogP contribution is 2.35. The maximum Gasteiger partial charge on any atom is 0.242 e. The fourth-order valence-corrected chi connectivity index (χ4v) is 2.81. The molecule has 1 aromatic rings. The van der Waals surface area contributed by atoms with Gasteiger partial charge >= 0.3 is 0 Å². The summed E-state index contributed by atoms with van der Waals surface area (Å²) in [7, 11) is 1.62. The quantitative estimate of drug-likeness (QED) is 0.808. The standard InChI is InChI=1S/C15H19BrN2O2/c1-10-3-6-13(16)7-12(10)8-18(9-19)14(11-4-5-11)15(20)17-2/h3,6-7,9,11,14H,4-5,8H2,1-2H3,(H,17,20). The van der Waals surface area contributed by atoms with Crippen LogP contribution in [-0.4, -0.2) is 30.3 Å². The third-order valence-corrected chi connectivity index (χ3v) is 4.23. The molecule has 1 N–H and O–H groups in total. The Labute approximate surface area is 127 Å². The number of nitrogens with one attached hydrogen (secondary N) is 1. The summed E-state index contributed by atoms with van der Waals surface area (Å²) in [6.45, 7) is 2.47. The van der Waals surface area contributed by atoms with Crippen LogP contribution < -0.4 is 5.32 Å². The largest absolute Gasteiger partial charge is 0.357 e. The van der Waals surface area contributed by atoms with E-state index in [1.807, 2.05) is 25.1 Å². The molecule has 1 aromatic carbocycles. The Kier molecular flexibility index (Phi) is 4.81. The normalized spacial score (nSPS) is 15.6. The number of nitrogens with zero attached hydrogens (tertiary/aromatic N) is 1. The van der Waals surface area contributed by atoms with Crippen molar-refractivity contribution in [2.75, 3.05) is 7.05 Å². The number of hydrogen-bond donors (Lipinski definition) is 1. The first-order valence-electron chi connectivity index (χ1n) is 6.74. The Bertz CT molecular complexity index is 515. The van der Waals surface area contributed by atoms with Crippen molar-refractivity contribution in [2.45, 2.75) is 32.4 Å². The van der Waals surface area contributed by atoms with Gasteiger partial charge in [-0.3, -0.25) is 9.59 Å². The molecule has 0 aromatic heterocycles. The molecule has 2 rings (SSSR count). The van der Waals surface area contributed by atoms with Crippen LogP contribution in [0.2, 0.25) is 0 Å². The van der Waals surface area contributed by atoms with Gasteiger partial charge in [0.15, 0.2) is 0 Å². The highest BCUT2D eigenvalue weighted by molar-refractivity contribution is 9.10. The van der Waals surface area contributed by atoms with Crippen molar-refractivity contribution >= 4 is 28.2 Å². The van der Waals surface area contributed by atoms with Gasteiger partial charge in [-0.05, 0) is 48.9 Å². The van der Waals surface area contributed by atoms with Crippen molar-refractivity contribution in [3.63, 3.8) is 0 Å². The van der Waals surface area contributed by atoms with Gasteiger partial charge in [-0.2, -0.15) is 0 Å². The van der Waals surface area contributed by atoms with Gasteiger partial charge in [-0.15, -0.1) is 0 Å². The van der Waals surface area contributed by atoms with Crippen LogP contribution in [0.4, 0.5) is 0 Å². The van der Waals surface area contributed by atoms with E-state index in [1.165, 1.54) is 0 Å². The van der Waals surface area contributed by atoms with Gasteiger partial charge in [-0.1, -0.05) is 22.0 Å². The van der Waals surface area contributed by atoms with Crippen molar-refractivity contribution in [1.29, 1.82) is 0 Å². The average Bonchev–Trinajstić information content (AvgIpc) is 3.26. The fourth-order valence-electron chi connectivity index (χ4n) is 2.40. The zero-order valence-electron chi connectivity index (χ0n) is 11.7. The van der Waals surface area contributed by atoms with Crippen LogP contribution in [0.5, 0.6) is 0 Å². The Morgan fingerprint density at radius 2 is 2.25 bits per heavy atom. The number of carbonyl (C=O) groups excluding carboxylic acids is 2. The summed E-state index contributed by atoms with van der Waals surface area (Å²) in [5, 5.41) is 2.66. The average molecular weight is 339 g/mol. The molecule has 0 bridgehead atoms. The molecular weight excluding hydrogens is 320 g/mol. The van der Waals surface area contributed by atoms with Crippen LogP contribution in [0.1, 0.15) is 24.0 Å². The molecular formula is C15H19BrN2O2. The van der Waals surface area contributed by atoms with Gasteiger partial charge < -0.3 is 10.2 Å². The van der Waals surface area contributed by atoms with Crippen LogP contribution in [0.25, 0.3) is 0 Å². The maximum atomic E-state index is 12.0. The molecule has 1 aliphatic carbocycles. The molecule has 1 saturated carbocycles. The van der Waals surface area contributed by atoms with Crippen LogP contribution in [0.3, 0.4) is 0 Å². The van der Waals surface area contributed by atoms with E-state index >= 15 is 0 Å². The Morgan fingerprint density at radius 3 is 2.80 bits per heavy atom. The van der Waals surface area contributed by atoms with Gasteiger partial charge in [0.2, 0.25) is 12.3 Å². The number of aryl methyl sites for hydroxylation is 1. The number of amides is 2. The summed E-state index contributed by atoms with van der Waals surface area (Å²) in [6.07, 6.45) is 2.82. The third kappa shape index (κ3) is 3.39. The lowest BCUT2D eigenvalue weighted by molar-refractivity contribution is -0.134. The van der Waals surface area contributed by atoms with Crippen molar-refractivity contribution in [2.24, 2.45) is 5.92 Å². The van der Waals surface area contributed by atoms with Gasteiger partial charge in [0.05, 0.1) is 0 Å². The molecule has 108 valence electrons. The zero-order chi connectivity index (χ0) is 14.7. The van der Waals surface area contributed by atoms with Crippen LogP contribution in [-0.2, 0) is 16.1 Å². The lowest BCUT2D eigenvalue weighted by atomic mass is 10.1. The predicted molar refractivity (Wildman–Crippen MR) is 81.1 cm³/mol. The number of benzene rings is 1. The molecule has 1 aliphatic rings. The van der Waals surface area contributed by atoms with Crippen LogP contribution >= 0.6 is 15.9 Å². The van der Waals surface area contributed by atoms with Gasteiger partial charge in [0.1, 0.15) is 6.04 Å². The smallest absolute Gasteiger partial charge is 0.242 e. The van der Waals surface area contributed by atoms with Gasteiger partial charge in [0.25, 0.3) is 0 Å². The van der Waals surface area contributed by atoms with Gasteiger partial charge in [-0.25, -0.2) is 0 Å². The van der Waals surface area contributed by atoms with E-state index in [4.69, 9.17) is 0 Å². The molecule has 1 fully saturated rings. The molecule has 0 heterocycles. The Morgan fingerprint density at radius 1 is 1.55 bits per heavy atom. The van der Waals surface area contributed by atoms with Crippen molar-refractivity contribution in [3.8, 4) is 0 Å². The molecule has 20 heavy (non-hydrogen) atoms. The minimum atomic E-state index is -0.351. The second-order valence-corrected chi connectivity index (χ2v) is 6.16. The van der Waals surface area contributed by atoms with Crippen LogP contribution in [0, 0.1) is 12.8 Å². The highest BCUT2D eigenvalue weighted by atomic mass is 79.9. The molecule has 0 spiro atoms. The van der Waals surface area contributed by atoms with Crippen molar-refractivity contribution < 1.29 is 9.59 Å². The molecule has 0 saturated heterocycles. The number of carbonyl (C=O) groups is 2. The van der Waals surface area contributed by atoms with Gasteiger partial charge in [0, 0.05) is 18.1 Å². The second kappa shape index (κ2) is 6.39. The number of hydrogen-bond acceptors (Lipinski definition) is 2. The fraction of sp³-hybridized carbons (Fsp3) is 0.467. The zero-order valence-corrected chi connectivity index (χ0v) is 13.3. The van der Waals surface area contributed by atoms with Crippen LogP contribution in [0.15, 0.2) is 22.7 Å². The van der Waals surface area contributed by atoms with E-state index in [2.05, 4.69) is 21.2 Å². The molecule has 1 unspecified atom stereocenters. The van der Waals surface area contributed by atoms with E-state index in [1.54, 1.807) is 11.9 Å². The first-order chi connectivity index (χ1) is 9.56. The van der Waals surface area contributed by atoms with E-state index in [0.717, 1.165) is 34.9 Å². The number of rotatable bonds is 6. The number of likely N-dealkylation sites (N-methyl/N-ethyl adjacent to an activating group) is 1. The van der Waals surface area contributed by atoms with Crippen molar-refractivity contribution in [3.05, 3.63) is 33.8 Å². The summed E-state index contributed by atoms with van der Waals surface area (Å²) in [6, 6.07) is 5.63. The first-order valence-corrected chi connectivity index (χ1v) is 7.53. The first kappa shape index (κ1) is 15.0. The SMILES string of the molecule is CNC(=O)C(C1CC1)N(C=O)Cc1cc(Br)ccc1C. The lowest BCUT2D eigenvalue weighted by Gasteiger charge is -2.27. The molecule has 5 heteroatoms. The summed E-state index contributed by atoms with van der Waals surface area (Å²) in [5.41, 5.74) is 2.17. The van der Waals surface area contributed by atoms with Crippen molar-refractivity contribution in [1.82, 2.24) is 10.2 Å². The highest BCUT2D eigenvalue weighted by Gasteiger charge is 2.39.